The highest BCUT2D eigenvalue weighted by Gasteiger charge is 2.29. The van der Waals surface area contributed by atoms with E-state index in [1.165, 1.54) is 7.11 Å². The van der Waals surface area contributed by atoms with Gasteiger partial charge in [0.15, 0.2) is 0 Å². The van der Waals surface area contributed by atoms with Gasteiger partial charge >= 0.3 is 5.97 Å². The lowest BCUT2D eigenvalue weighted by molar-refractivity contribution is 0.0601. The minimum atomic E-state index is -0.431. The van der Waals surface area contributed by atoms with Crippen LogP contribution in [0.3, 0.4) is 0 Å². The van der Waals surface area contributed by atoms with E-state index in [0.717, 1.165) is 71.6 Å². The lowest BCUT2D eigenvalue weighted by atomic mass is 9.94. The maximum absolute atomic E-state index is 14.1. The lowest BCUT2D eigenvalue weighted by Gasteiger charge is -2.25. The summed E-state index contributed by atoms with van der Waals surface area (Å²) in [7, 11) is 3.04. The molecule has 0 N–H and O–H groups in total. The quantitative estimate of drug-likeness (QED) is 0.220. The third-order valence-corrected chi connectivity index (χ3v) is 7.96. The van der Waals surface area contributed by atoms with Crippen molar-refractivity contribution in [3.05, 3.63) is 63.9 Å². The topological polar surface area (TPSA) is 90.7 Å². The molecule has 0 amide bonds. The summed E-state index contributed by atoms with van der Waals surface area (Å²) in [5.41, 5.74) is 4.04. The first kappa shape index (κ1) is 24.3. The Bertz CT molecular complexity index is 1810. The first-order chi connectivity index (χ1) is 18.6. The molecule has 0 unspecified atom stereocenters. The zero-order valence-corrected chi connectivity index (χ0v) is 21.7. The van der Waals surface area contributed by atoms with Crippen molar-refractivity contribution in [3.63, 3.8) is 0 Å². The van der Waals surface area contributed by atoms with Crippen LogP contribution in [-0.4, -0.2) is 40.3 Å². The second-order valence-corrected chi connectivity index (χ2v) is 10.1. The molecule has 1 aliphatic carbocycles. The van der Waals surface area contributed by atoms with E-state index >= 15 is 0 Å². The summed E-state index contributed by atoms with van der Waals surface area (Å²) in [6.07, 6.45) is 5.88. The smallest absolute Gasteiger partial charge is 0.337 e. The predicted molar refractivity (Wildman–Crippen MR) is 147 cm³/mol. The van der Waals surface area contributed by atoms with Crippen LogP contribution in [0.25, 0.3) is 38.5 Å². The number of fused-ring (bicyclic) bond motifs is 7. The molecule has 0 radical (unpaired) electrons. The number of nitrogens with zero attached hydrogens (tertiary/aromatic N) is 4. The van der Waals surface area contributed by atoms with Crippen LogP contribution in [0.15, 0.2) is 47.3 Å². The minimum Gasteiger partial charge on any atom is -0.465 e. The maximum Gasteiger partial charge on any atom is 0.337 e. The number of imidazole rings is 1. The number of pyridine rings is 1. The minimum absolute atomic E-state index is 0.0340. The Kier molecular flexibility index (Phi) is 6.16. The summed E-state index contributed by atoms with van der Waals surface area (Å²) in [4.78, 5) is 26.6. The van der Waals surface area contributed by atoms with E-state index in [1.54, 1.807) is 13.2 Å². The molecule has 6 rings (SSSR count). The number of methoxy groups -OCH3 is 2. The second-order valence-electron chi connectivity index (χ2n) is 10.1. The van der Waals surface area contributed by atoms with Gasteiger partial charge in [-0.3, -0.25) is 13.8 Å². The Morgan fingerprint density at radius 2 is 1.79 bits per heavy atom. The van der Waals surface area contributed by atoms with Crippen molar-refractivity contribution in [1.82, 2.24) is 13.5 Å². The van der Waals surface area contributed by atoms with Gasteiger partial charge in [-0.25, -0.2) is 4.79 Å². The van der Waals surface area contributed by atoms with Gasteiger partial charge < -0.3 is 14.0 Å². The highest BCUT2D eigenvalue weighted by atomic mass is 16.5. The number of ether oxygens (including phenoxy) is 2. The summed E-state index contributed by atoms with van der Waals surface area (Å²) in [6, 6.07) is 15.6. The Morgan fingerprint density at radius 3 is 2.50 bits per heavy atom. The summed E-state index contributed by atoms with van der Waals surface area (Å²) in [5.74, 6) is -0.431. The Labute approximate surface area is 219 Å². The number of rotatable bonds is 6. The summed E-state index contributed by atoms with van der Waals surface area (Å²) >= 11 is 0. The van der Waals surface area contributed by atoms with E-state index in [-0.39, 0.29) is 11.6 Å². The Morgan fingerprint density at radius 1 is 1.03 bits per heavy atom. The molecule has 2 aromatic carbocycles. The first-order valence-electron chi connectivity index (χ1n) is 13.2. The van der Waals surface area contributed by atoms with E-state index in [4.69, 9.17) is 9.47 Å². The molecule has 8 nitrogen and oxygen atoms in total. The van der Waals surface area contributed by atoms with Crippen LogP contribution in [0.4, 0.5) is 0 Å². The van der Waals surface area contributed by atoms with Gasteiger partial charge in [0.2, 0.25) is 0 Å². The molecule has 0 spiro atoms. The molecule has 194 valence electrons. The molecule has 1 fully saturated rings. The number of hydrogen-bond donors (Lipinski definition) is 0. The summed E-state index contributed by atoms with van der Waals surface area (Å²) in [6.45, 7) is 1.19. The van der Waals surface area contributed by atoms with Gasteiger partial charge in [-0.05, 0) is 48.9 Å². The van der Waals surface area contributed by atoms with Crippen molar-refractivity contribution in [3.8, 4) is 6.07 Å². The molecule has 0 saturated heterocycles. The fraction of sp³-hybridized carbons (Fsp3) is 0.367. The third-order valence-electron chi connectivity index (χ3n) is 7.96. The van der Waals surface area contributed by atoms with Crippen molar-refractivity contribution in [1.29, 1.82) is 5.26 Å². The first-order valence-corrected chi connectivity index (χ1v) is 13.2. The van der Waals surface area contributed by atoms with Gasteiger partial charge in [0.25, 0.3) is 5.56 Å². The number of aryl methyl sites for hydroxylation is 1. The van der Waals surface area contributed by atoms with Crippen molar-refractivity contribution in [2.45, 2.75) is 51.1 Å². The fourth-order valence-electron chi connectivity index (χ4n) is 6.30. The van der Waals surface area contributed by atoms with Crippen LogP contribution in [0, 0.1) is 11.3 Å². The highest BCUT2D eigenvalue weighted by molar-refractivity contribution is 6.13. The molecular formula is C30H30N4O4. The average Bonchev–Trinajstić information content (AvgIpc) is 3.46. The molecule has 3 aromatic heterocycles. The predicted octanol–water partition coefficient (Wildman–Crippen LogP) is 5.56. The van der Waals surface area contributed by atoms with E-state index < -0.39 is 5.97 Å². The largest absolute Gasteiger partial charge is 0.465 e. The van der Waals surface area contributed by atoms with Crippen LogP contribution in [-0.2, 0) is 16.0 Å². The molecule has 5 aromatic rings. The van der Waals surface area contributed by atoms with Crippen molar-refractivity contribution in [2.24, 2.45) is 0 Å². The standard InChI is InChI=1S/C30H30N4O4/c1-37-16-8-15-32-24-14-13-19(30(36)38-2)17-25(24)34-27(32)23(18-31)26-21-11-6-7-12-22(21)29(35)33(28(26)34)20-9-4-3-5-10-20/h6-7,11-14,17,20H,3-5,8-10,15-16H2,1-2H3. The highest BCUT2D eigenvalue weighted by Crippen LogP contribution is 2.39. The van der Waals surface area contributed by atoms with Crippen molar-refractivity contribution < 1.29 is 14.3 Å². The number of nitriles is 1. The summed E-state index contributed by atoms with van der Waals surface area (Å²) in [5, 5.41) is 12.8. The van der Waals surface area contributed by atoms with Crippen LogP contribution in [0.5, 0.6) is 0 Å². The second kappa shape index (κ2) is 9.66. The zero-order valence-electron chi connectivity index (χ0n) is 21.7. The van der Waals surface area contributed by atoms with Crippen molar-refractivity contribution in [2.75, 3.05) is 20.8 Å². The molecule has 1 saturated carbocycles. The van der Waals surface area contributed by atoms with E-state index in [1.807, 2.05) is 45.4 Å². The third kappa shape index (κ3) is 3.53. The zero-order chi connectivity index (χ0) is 26.4. The van der Waals surface area contributed by atoms with E-state index in [2.05, 4.69) is 10.6 Å². The molecule has 0 bridgehead atoms. The number of carbonyl (C=O) groups excluding carboxylic acids is 1. The van der Waals surface area contributed by atoms with Gasteiger partial charge in [0, 0.05) is 37.1 Å². The monoisotopic (exact) mass is 510 g/mol. The molecule has 8 heteroatoms. The number of benzene rings is 2. The van der Waals surface area contributed by atoms with Gasteiger partial charge in [-0.15, -0.1) is 0 Å². The summed E-state index contributed by atoms with van der Waals surface area (Å²) < 4.78 is 16.4. The number of carbonyl (C=O) groups is 1. The molecular weight excluding hydrogens is 480 g/mol. The normalized spacial score (nSPS) is 14.6. The molecule has 0 aliphatic heterocycles. The molecule has 3 heterocycles. The number of esters is 1. The van der Waals surface area contributed by atoms with Crippen LogP contribution in [0.2, 0.25) is 0 Å². The number of aromatic nitrogens is 3. The van der Waals surface area contributed by atoms with Crippen molar-refractivity contribution >= 4 is 44.5 Å². The molecule has 38 heavy (non-hydrogen) atoms. The van der Waals surface area contributed by atoms with E-state index in [9.17, 15) is 14.9 Å². The van der Waals surface area contributed by atoms with Crippen LogP contribution in [0.1, 0.15) is 60.5 Å². The Balaban J connectivity index is 1.85. The maximum atomic E-state index is 14.1. The SMILES string of the molecule is COCCCn1c2ccc(C(=O)OC)cc2n2c3c(c(C#N)c12)c1ccccc1c(=O)n3C1CCCCC1. The van der Waals surface area contributed by atoms with Gasteiger partial charge in [0.05, 0.1) is 23.7 Å². The number of hydrogen-bond acceptors (Lipinski definition) is 5. The van der Waals surface area contributed by atoms with Gasteiger partial charge in [-0.2, -0.15) is 5.26 Å². The molecule has 1 aliphatic rings. The average molecular weight is 511 g/mol. The van der Waals surface area contributed by atoms with Crippen LogP contribution >= 0.6 is 0 Å². The van der Waals surface area contributed by atoms with Gasteiger partial charge in [-0.1, -0.05) is 37.5 Å². The fourth-order valence-corrected chi connectivity index (χ4v) is 6.30. The van der Waals surface area contributed by atoms with Crippen LogP contribution < -0.4 is 5.56 Å². The Hall–Kier alpha value is -4.09. The molecule has 0 atom stereocenters. The lowest BCUT2D eigenvalue weighted by Crippen LogP contribution is -2.27. The van der Waals surface area contributed by atoms with Gasteiger partial charge in [0.1, 0.15) is 22.9 Å². The van der Waals surface area contributed by atoms with E-state index in [0.29, 0.717) is 29.7 Å².